The molecule has 1 atom stereocenters. The molecule has 16 nitrogen and oxygen atoms in total. The summed E-state index contributed by atoms with van der Waals surface area (Å²) in [7, 11) is 0. The summed E-state index contributed by atoms with van der Waals surface area (Å²) in [6.45, 7) is 28.5. The summed E-state index contributed by atoms with van der Waals surface area (Å²) in [5.74, 6) is 0.324. The third kappa shape index (κ3) is 69.9. The fourth-order valence-electron chi connectivity index (χ4n) is 5.67. The van der Waals surface area contributed by atoms with E-state index < -0.39 is 0 Å². The Bertz CT molecular complexity index is 1030. The first kappa shape index (κ1) is 76.3. The number of aliphatic hydroxyl groups is 3. The highest BCUT2D eigenvalue weighted by atomic mass is 16.6. The molecule has 72 heavy (non-hydrogen) atoms. The molecule has 0 radical (unpaired) electrons. The van der Waals surface area contributed by atoms with Crippen molar-refractivity contribution in [1.82, 2.24) is 0 Å². The van der Waals surface area contributed by atoms with E-state index in [0.717, 1.165) is 57.7 Å². The summed E-state index contributed by atoms with van der Waals surface area (Å²) in [6.07, 6.45) is 25.1. The maximum absolute atomic E-state index is 10.2. The molecule has 0 amide bonds. The van der Waals surface area contributed by atoms with Crippen molar-refractivity contribution in [3.8, 4) is 0 Å². The van der Waals surface area contributed by atoms with Crippen molar-refractivity contribution in [2.45, 2.75) is 158 Å². The summed E-state index contributed by atoms with van der Waals surface area (Å²) in [6, 6.07) is 0. The van der Waals surface area contributed by atoms with Gasteiger partial charge in [0, 0.05) is 5.92 Å². The highest BCUT2D eigenvalue weighted by Crippen LogP contribution is 2.13. The molecule has 0 heterocycles. The molecule has 1 unspecified atom stereocenters. The zero-order valence-electron chi connectivity index (χ0n) is 47.3. The fraction of sp³-hybridized carbons (Fsp3) is 0.875. The van der Waals surface area contributed by atoms with Gasteiger partial charge in [0.15, 0.2) is 0 Å². The maximum Gasteiger partial charge on any atom is 0.123 e. The quantitative estimate of drug-likeness (QED) is 0.0296. The molecule has 0 rings (SSSR count). The Kier molecular flexibility index (Phi) is 77.4. The number of carbonyl (C=O) groups excluding carboxylic acids is 1. The van der Waals surface area contributed by atoms with Gasteiger partial charge >= 0.3 is 0 Å². The van der Waals surface area contributed by atoms with Crippen molar-refractivity contribution < 1.29 is 77.0 Å². The first-order valence-corrected chi connectivity index (χ1v) is 27.7. The lowest BCUT2D eigenvalue weighted by Crippen LogP contribution is -2.12. The van der Waals surface area contributed by atoms with Crippen molar-refractivity contribution in [3.63, 3.8) is 0 Å². The van der Waals surface area contributed by atoms with Crippen molar-refractivity contribution in [1.29, 1.82) is 0 Å². The van der Waals surface area contributed by atoms with Gasteiger partial charge in [-0.2, -0.15) is 0 Å². The Morgan fingerprint density at radius 3 is 0.778 bits per heavy atom. The van der Waals surface area contributed by atoms with Crippen LogP contribution < -0.4 is 0 Å². The molecule has 0 aromatic rings. The lowest BCUT2D eigenvalue weighted by Gasteiger charge is -2.08. The zero-order valence-corrected chi connectivity index (χ0v) is 47.3. The van der Waals surface area contributed by atoms with Crippen molar-refractivity contribution in [2.24, 2.45) is 5.92 Å². The van der Waals surface area contributed by atoms with Crippen LogP contribution in [-0.2, 0) is 61.6 Å². The Morgan fingerprint density at radius 1 is 0.347 bits per heavy atom. The summed E-state index contributed by atoms with van der Waals surface area (Å²) in [5, 5.41) is 25.2. The second-order valence-electron chi connectivity index (χ2n) is 16.4. The maximum atomic E-state index is 10.2. The topological polar surface area (TPSA) is 189 Å². The second kappa shape index (κ2) is 73.1. The van der Waals surface area contributed by atoms with Crippen LogP contribution in [0.15, 0.2) is 35.5 Å². The van der Waals surface area contributed by atoms with Gasteiger partial charge in [-0.05, 0) is 87.3 Å². The van der Waals surface area contributed by atoms with Gasteiger partial charge in [-0.15, -0.1) is 0 Å². The Labute approximate surface area is 440 Å². The smallest absolute Gasteiger partial charge is 0.123 e. The minimum Gasteiger partial charge on any atom is -0.499 e. The van der Waals surface area contributed by atoms with Gasteiger partial charge in [0.05, 0.1) is 158 Å². The minimum atomic E-state index is 0.0413. The Hall–Kier alpha value is -2.19. The van der Waals surface area contributed by atoms with E-state index >= 15 is 0 Å². The average Bonchev–Trinajstić information content (AvgIpc) is 3.40. The number of ether oxygens (including phenoxy) is 12. The van der Waals surface area contributed by atoms with E-state index in [2.05, 4.69) is 55.4 Å². The molecule has 0 aliphatic carbocycles. The summed E-state index contributed by atoms with van der Waals surface area (Å²) in [5.41, 5.74) is 4.11. The van der Waals surface area contributed by atoms with Crippen LogP contribution in [0.4, 0.5) is 0 Å². The van der Waals surface area contributed by atoms with Crippen LogP contribution >= 0.6 is 0 Å². The molecule has 0 fully saturated rings. The highest BCUT2D eigenvalue weighted by Gasteiger charge is 2.02. The van der Waals surface area contributed by atoms with Gasteiger partial charge < -0.3 is 77.0 Å². The standard InChI is InChI=1S/C24H46O5.C16H32O5.C8H18O5.C8H16O/c1-5-9-11-23(7-3)21-28-19-17-26-15-13-25-14-16-27-18-20-29-22-24(8-4)12-10-6-2;1-3-5-6-16(4-2)15-21-14-13-20-12-11-19-10-9-18-8-7-17;9-1-3-11-5-7-13-8-6-12-4-2-10;1-3-5-6-8(4-2)7-9/h21-22H,5-20H2,1-4H3;15,17H,3-14H2,1-2H3;9-10H,1-8H2;7-8H,3-6H2,1-2H3. The van der Waals surface area contributed by atoms with Crippen LogP contribution in [0, 0.1) is 5.92 Å². The monoisotopic (exact) mass is 1040 g/mol. The van der Waals surface area contributed by atoms with Gasteiger partial charge in [0.2, 0.25) is 0 Å². The Morgan fingerprint density at radius 2 is 0.583 bits per heavy atom. The van der Waals surface area contributed by atoms with Gasteiger partial charge in [-0.3, -0.25) is 0 Å². The molecule has 0 bridgehead atoms. The Balaban J connectivity index is -0.000000467. The van der Waals surface area contributed by atoms with E-state index in [-0.39, 0.29) is 19.8 Å². The number of rotatable bonds is 53. The third-order valence-electron chi connectivity index (χ3n) is 10.3. The van der Waals surface area contributed by atoms with E-state index in [4.69, 9.17) is 72.2 Å². The van der Waals surface area contributed by atoms with Crippen molar-refractivity contribution >= 4 is 6.29 Å². The van der Waals surface area contributed by atoms with E-state index in [0.29, 0.717) is 145 Å². The second-order valence-corrected chi connectivity index (χ2v) is 16.4. The van der Waals surface area contributed by atoms with Gasteiger partial charge in [-0.25, -0.2) is 0 Å². The van der Waals surface area contributed by atoms with Crippen LogP contribution in [0.3, 0.4) is 0 Å². The van der Waals surface area contributed by atoms with E-state index in [9.17, 15) is 4.79 Å². The molecule has 432 valence electrons. The fourth-order valence-corrected chi connectivity index (χ4v) is 5.67. The van der Waals surface area contributed by atoms with E-state index in [1.807, 2.05) is 18.8 Å². The average molecular weight is 1040 g/mol. The number of unbranched alkanes of at least 4 members (excludes halogenated alkanes) is 4. The summed E-state index contributed by atoms with van der Waals surface area (Å²) in [4.78, 5) is 10.2. The van der Waals surface area contributed by atoms with Crippen molar-refractivity contribution in [2.75, 3.05) is 159 Å². The number of hydrogen-bond acceptors (Lipinski definition) is 16. The third-order valence-corrected chi connectivity index (χ3v) is 10.3. The van der Waals surface area contributed by atoms with Crippen LogP contribution in [-0.4, -0.2) is 180 Å². The number of aliphatic hydroxyl groups excluding tert-OH is 3. The van der Waals surface area contributed by atoms with E-state index in [1.165, 1.54) is 68.1 Å². The molecule has 0 aliphatic heterocycles. The van der Waals surface area contributed by atoms with Gasteiger partial charge in [0.1, 0.15) is 26.1 Å². The lowest BCUT2D eigenvalue weighted by atomic mass is 10.0. The molecular formula is C56H112O16. The van der Waals surface area contributed by atoms with E-state index in [1.54, 1.807) is 0 Å². The number of carbonyl (C=O) groups is 1. The van der Waals surface area contributed by atoms with Crippen LogP contribution in [0.5, 0.6) is 0 Å². The van der Waals surface area contributed by atoms with Gasteiger partial charge in [0.25, 0.3) is 0 Å². The normalized spacial score (nSPS) is 12.0. The molecular weight excluding hydrogens is 929 g/mol. The highest BCUT2D eigenvalue weighted by molar-refractivity contribution is 5.53. The van der Waals surface area contributed by atoms with Crippen LogP contribution in [0.2, 0.25) is 0 Å². The SMILES string of the molecule is CCCCC(=COCCOCCOCCOCCO)CC.CCCCC(=COCCOCCOCCOCCOC=C(CC)CCCC)CC.CCCCC(C=O)CC.OCCOCCOCCOCCO. The minimum absolute atomic E-state index is 0.0413. The molecule has 3 N–H and O–H groups in total. The zero-order chi connectivity index (χ0) is 53.9. The summed E-state index contributed by atoms with van der Waals surface area (Å²) < 4.78 is 63.9. The molecule has 0 aromatic carbocycles. The molecule has 0 saturated heterocycles. The lowest BCUT2D eigenvalue weighted by molar-refractivity contribution is -0.111. The predicted molar refractivity (Wildman–Crippen MR) is 290 cm³/mol. The molecule has 0 saturated carbocycles. The first-order valence-electron chi connectivity index (χ1n) is 27.7. The van der Waals surface area contributed by atoms with Crippen LogP contribution in [0.25, 0.3) is 0 Å². The van der Waals surface area contributed by atoms with Gasteiger partial charge in [-0.1, -0.05) is 87.5 Å². The largest absolute Gasteiger partial charge is 0.499 e. The molecule has 0 aliphatic rings. The number of hydrogen-bond donors (Lipinski definition) is 3. The van der Waals surface area contributed by atoms with Crippen LogP contribution in [0.1, 0.15) is 158 Å². The molecule has 16 heteroatoms. The first-order chi connectivity index (χ1) is 35.4. The molecule has 0 spiro atoms. The number of allylic oxidation sites excluding steroid dienone is 3. The van der Waals surface area contributed by atoms with Crippen molar-refractivity contribution in [3.05, 3.63) is 35.5 Å². The summed E-state index contributed by atoms with van der Waals surface area (Å²) >= 11 is 0. The molecule has 0 aromatic heterocycles. The number of aldehydes is 1. The predicted octanol–water partition coefficient (Wildman–Crippen LogP) is 9.99.